The van der Waals surface area contributed by atoms with E-state index in [1.807, 2.05) is 0 Å². The molecule has 1 saturated heterocycles. The molecule has 0 amide bonds. The van der Waals surface area contributed by atoms with Crippen LogP contribution in [0.5, 0.6) is 0 Å². The van der Waals surface area contributed by atoms with E-state index in [-0.39, 0.29) is 18.8 Å². The minimum atomic E-state index is -2.39. The van der Waals surface area contributed by atoms with E-state index in [1.54, 1.807) is 0 Å². The van der Waals surface area contributed by atoms with Crippen molar-refractivity contribution in [2.75, 3.05) is 33.2 Å². The molecule has 1 saturated carbocycles. The first-order chi connectivity index (χ1) is 8.05. The van der Waals surface area contributed by atoms with Gasteiger partial charge in [0.25, 0.3) is 0 Å². The molecule has 0 aromatic rings. The lowest BCUT2D eigenvalue weighted by Crippen LogP contribution is -2.38. The van der Waals surface area contributed by atoms with Crippen LogP contribution in [0.1, 0.15) is 32.1 Å². The van der Waals surface area contributed by atoms with Crippen molar-refractivity contribution in [3.8, 4) is 0 Å². The maximum absolute atomic E-state index is 13.1. The SMILES string of the molecule is CN(CC1CCCNC1)CC1CCC(F)(F)C1. The Morgan fingerprint density at radius 1 is 1.24 bits per heavy atom. The summed E-state index contributed by atoms with van der Waals surface area (Å²) >= 11 is 0. The molecule has 2 aliphatic rings. The molecule has 1 N–H and O–H groups in total. The van der Waals surface area contributed by atoms with E-state index in [9.17, 15) is 8.78 Å². The summed E-state index contributed by atoms with van der Waals surface area (Å²) in [5, 5.41) is 3.40. The van der Waals surface area contributed by atoms with E-state index in [1.165, 1.54) is 12.8 Å². The van der Waals surface area contributed by atoms with Gasteiger partial charge in [-0.3, -0.25) is 0 Å². The van der Waals surface area contributed by atoms with Gasteiger partial charge in [0.1, 0.15) is 0 Å². The highest BCUT2D eigenvalue weighted by Gasteiger charge is 2.39. The molecule has 1 aliphatic carbocycles. The predicted molar refractivity (Wildman–Crippen MR) is 65.4 cm³/mol. The van der Waals surface area contributed by atoms with Crippen LogP contribution in [0, 0.1) is 11.8 Å². The van der Waals surface area contributed by atoms with Gasteiger partial charge in [0.15, 0.2) is 0 Å². The largest absolute Gasteiger partial charge is 0.316 e. The molecule has 1 aliphatic heterocycles. The first-order valence-electron chi connectivity index (χ1n) is 6.82. The van der Waals surface area contributed by atoms with Gasteiger partial charge < -0.3 is 10.2 Å². The van der Waals surface area contributed by atoms with Gasteiger partial charge in [-0.15, -0.1) is 0 Å². The Kier molecular flexibility index (Phi) is 4.36. The Morgan fingerprint density at radius 2 is 2.00 bits per heavy atom. The van der Waals surface area contributed by atoms with E-state index < -0.39 is 5.92 Å². The molecule has 0 bridgehead atoms. The van der Waals surface area contributed by atoms with Gasteiger partial charge in [0.2, 0.25) is 5.92 Å². The number of hydrogen-bond acceptors (Lipinski definition) is 2. The highest BCUT2D eigenvalue weighted by atomic mass is 19.3. The van der Waals surface area contributed by atoms with Crippen LogP contribution in [0.15, 0.2) is 0 Å². The zero-order chi connectivity index (χ0) is 12.3. The summed E-state index contributed by atoms with van der Waals surface area (Å²) in [5.41, 5.74) is 0. The summed E-state index contributed by atoms with van der Waals surface area (Å²) in [6, 6.07) is 0. The fraction of sp³-hybridized carbons (Fsp3) is 1.00. The first-order valence-corrected chi connectivity index (χ1v) is 6.82. The van der Waals surface area contributed by atoms with Crippen molar-refractivity contribution in [3.63, 3.8) is 0 Å². The van der Waals surface area contributed by atoms with Gasteiger partial charge in [0.05, 0.1) is 0 Å². The Balaban J connectivity index is 1.68. The van der Waals surface area contributed by atoms with Crippen molar-refractivity contribution in [1.29, 1.82) is 0 Å². The molecule has 2 unspecified atom stereocenters. The quantitative estimate of drug-likeness (QED) is 0.819. The lowest BCUT2D eigenvalue weighted by atomic mass is 9.98. The molecule has 0 spiro atoms. The van der Waals surface area contributed by atoms with E-state index in [2.05, 4.69) is 17.3 Å². The standard InChI is InChI=1S/C13H24F2N2/c1-17(10-12-3-2-6-16-8-12)9-11-4-5-13(14,15)7-11/h11-12,16H,2-10H2,1H3. The van der Waals surface area contributed by atoms with Crippen molar-refractivity contribution in [2.24, 2.45) is 11.8 Å². The molecule has 0 aromatic carbocycles. The van der Waals surface area contributed by atoms with Crippen LogP contribution in [0.25, 0.3) is 0 Å². The summed E-state index contributed by atoms with van der Waals surface area (Å²) in [7, 11) is 2.07. The van der Waals surface area contributed by atoms with Crippen LogP contribution in [-0.2, 0) is 0 Å². The predicted octanol–water partition coefficient (Wildman–Crippen LogP) is 2.35. The maximum atomic E-state index is 13.1. The Morgan fingerprint density at radius 3 is 2.59 bits per heavy atom. The van der Waals surface area contributed by atoms with Crippen molar-refractivity contribution in [1.82, 2.24) is 10.2 Å². The number of piperidine rings is 1. The number of nitrogens with one attached hydrogen (secondary N) is 1. The van der Waals surface area contributed by atoms with Crippen molar-refractivity contribution >= 4 is 0 Å². The molecule has 4 heteroatoms. The molecular weight excluding hydrogens is 222 g/mol. The van der Waals surface area contributed by atoms with E-state index >= 15 is 0 Å². The Hall–Kier alpha value is -0.220. The number of alkyl halides is 2. The second-order valence-corrected chi connectivity index (χ2v) is 5.90. The first kappa shape index (κ1) is 13.2. The minimum absolute atomic E-state index is 0.0937. The zero-order valence-corrected chi connectivity index (χ0v) is 10.7. The topological polar surface area (TPSA) is 15.3 Å². The van der Waals surface area contributed by atoms with Crippen molar-refractivity contribution in [3.05, 3.63) is 0 Å². The smallest absolute Gasteiger partial charge is 0.248 e. The highest BCUT2D eigenvalue weighted by molar-refractivity contribution is 4.83. The van der Waals surface area contributed by atoms with Gasteiger partial charge in [-0.1, -0.05) is 0 Å². The van der Waals surface area contributed by atoms with E-state index in [0.717, 1.165) is 26.2 Å². The molecule has 100 valence electrons. The molecule has 0 aromatic heterocycles. The summed E-state index contributed by atoms with van der Waals surface area (Å²) in [6.45, 7) is 4.11. The maximum Gasteiger partial charge on any atom is 0.248 e. The molecule has 2 nitrogen and oxygen atoms in total. The molecule has 17 heavy (non-hydrogen) atoms. The van der Waals surface area contributed by atoms with Crippen LogP contribution < -0.4 is 5.32 Å². The molecule has 0 radical (unpaired) electrons. The van der Waals surface area contributed by atoms with Crippen LogP contribution >= 0.6 is 0 Å². The molecular formula is C13H24F2N2. The summed E-state index contributed by atoms with van der Waals surface area (Å²) < 4.78 is 26.2. The fourth-order valence-electron chi connectivity index (χ4n) is 3.23. The van der Waals surface area contributed by atoms with E-state index in [0.29, 0.717) is 12.3 Å². The Bertz CT molecular complexity index is 240. The number of halogens is 2. The van der Waals surface area contributed by atoms with Crippen LogP contribution in [0.3, 0.4) is 0 Å². The fourth-order valence-corrected chi connectivity index (χ4v) is 3.23. The molecule has 2 fully saturated rings. The zero-order valence-electron chi connectivity index (χ0n) is 10.7. The third-order valence-corrected chi connectivity index (χ3v) is 4.04. The average molecular weight is 246 g/mol. The third kappa shape index (κ3) is 4.18. The van der Waals surface area contributed by atoms with Crippen LogP contribution in [0.2, 0.25) is 0 Å². The lowest BCUT2D eigenvalue weighted by molar-refractivity contribution is 0.00360. The van der Waals surface area contributed by atoms with Gasteiger partial charge in [0, 0.05) is 25.9 Å². The summed E-state index contributed by atoms with van der Waals surface area (Å²) in [6.07, 6.45) is 3.41. The van der Waals surface area contributed by atoms with E-state index in [4.69, 9.17) is 0 Å². The summed E-state index contributed by atoms with van der Waals surface area (Å²) in [4.78, 5) is 2.25. The second-order valence-electron chi connectivity index (χ2n) is 5.90. The molecule has 2 rings (SSSR count). The van der Waals surface area contributed by atoms with Gasteiger partial charge >= 0.3 is 0 Å². The van der Waals surface area contributed by atoms with Crippen molar-refractivity contribution in [2.45, 2.75) is 38.0 Å². The highest BCUT2D eigenvalue weighted by Crippen LogP contribution is 2.39. The van der Waals surface area contributed by atoms with Gasteiger partial charge in [-0.2, -0.15) is 0 Å². The normalized spacial score (nSPS) is 33.2. The Labute approximate surface area is 103 Å². The van der Waals surface area contributed by atoms with Gasteiger partial charge in [-0.25, -0.2) is 8.78 Å². The molecule has 1 heterocycles. The monoisotopic (exact) mass is 246 g/mol. The van der Waals surface area contributed by atoms with Crippen molar-refractivity contribution < 1.29 is 8.78 Å². The summed E-state index contributed by atoms with van der Waals surface area (Å²) in [5.74, 6) is -1.49. The van der Waals surface area contributed by atoms with Gasteiger partial charge in [-0.05, 0) is 51.2 Å². The van der Waals surface area contributed by atoms with Crippen LogP contribution in [0.4, 0.5) is 8.78 Å². The molecule has 2 atom stereocenters. The average Bonchev–Trinajstić information content (AvgIpc) is 2.59. The second kappa shape index (κ2) is 5.61. The number of rotatable bonds is 4. The number of nitrogens with zero attached hydrogens (tertiary/aromatic N) is 1. The lowest BCUT2D eigenvalue weighted by Gasteiger charge is -2.29. The third-order valence-electron chi connectivity index (χ3n) is 4.04. The van der Waals surface area contributed by atoms with Crippen LogP contribution in [-0.4, -0.2) is 44.0 Å². The minimum Gasteiger partial charge on any atom is -0.316 e. The number of hydrogen-bond donors (Lipinski definition) is 1.